The molecular formula is C18H18N2O4S. The van der Waals surface area contributed by atoms with Crippen molar-refractivity contribution in [1.29, 1.82) is 0 Å². The van der Waals surface area contributed by atoms with Crippen molar-refractivity contribution in [1.82, 2.24) is 0 Å². The summed E-state index contributed by atoms with van der Waals surface area (Å²) in [6.45, 7) is 1.95. The van der Waals surface area contributed by atoms with Gasteiger partial charge in [0.2, 0.25) is 11.8 Å². The second-order valence-corrected chi connectivity index (χ2v) is 7.42. The molecule has 0 spiro atoms. The van der Waals surface area contributed by atoms with E-state index < -0.39 is 10.0 Å². The van der Waals surface area contributed by atoms with Crippen LogP contribution < -0.4 is 9.62 Å². The lowest BCUT2D eigenvalue weighted by Crippen LogP contribution is -2.28. The predicted octanol–water partition coefficient (Wildman–Crippen LogP) is 2.70. The molecule has 6 nitrogen and oxygen atoms in total. The highest BCUT2D eigenvalue weighted by Gasteiger charge is 2.30. The maximum Gasteiger partial charge on any atom is 0.261 e. The fraction of sp³-hybridized carbons (Fsp3) is 0.222. The van der Waals surface area contributed by atoms with Crippen LogP contribution in [0.2, 0.25) is 0 Å². The van der Waals surface area contributed by atoms with Gasteiger partial charge in [-0.2, -0.15) is 0 Å². The lowest BCUT2D eigenvalue weighted by atomic mass is 10.1. The zero-order valence-corrected chi connectivity index (χ0v) is 14.5. The molecule has 0 atom stereocenters. The number of carbonyl (C=O) groups is 2. The Balaban J connectivity index is 1.86. The molecule has 2 aromatic carbocycles. The highest BCUT2D eigenvalue weighted by molar-refractivity contribution is 7.92. The topological polar surface area (TPSA) is 83.6 Å². The van der Waals surface area contributed by atoms with E-state index in [0.29, 0.717) is 17.8 Å². The molecule has 2 aromatic rings. The molecule has 2 amide bonds. The van der Waals surface area contributed by atoms with E-state index in [9.17, 15) is 18.0 Å². The number of rotatable bonds is 5. The van der Waals surface area contributed by atoms with E-state index in [4.69, 9.17) is 0 Å². The van der Waals surface area contributed by atoms with Crippen LogP contribution in [0.3, 0.4) is 0 Å². The Morgan fingerprint density at radius 1 is 0.960 bits per heavy atom. The SMILES string of the molecule is CCc1ccccc1NS(=O)(=O)c1ccc(N2C(=O)CCC2=O)cc1. The number of nitrogens with one attached hydrogen (secondary N) is 1. The fourth-order valence-electron chi connectivity index (χ4n) is 2.77. The number of hydrogen-bond donors (Lipinski definition) is 1. The third-order valence-electron chi connectivity index (χ3n) is 4.10. The molecule has 3 rings (SSSR count). The fourth-order valence-corrected chi connectivity index (χ4v) is 3.87. The third-order valence-corrected chi connectivity index (χ3v) is 5.48. The number of nitrogens with zero attached hydrogens (tertiary/aromatic N) is 1. The van der Waals surface area contributed by atoms with Gasteiger partial charge in [-0.25, -0.2) is 8.42 Å². The van der Waals surface area contributed by atoms with E-state index in [1.54, 1.807) is 12.1 Å². The van der Waals surface area contributed by atoms with Crippen molar-refractivity contribution in [2.45, 2.75) is 31.1 Å². The first kappa shape index (κ1) is 17.2. The quantitative estimate of drug-likeness (QED) is 0.833. The van der Waals surface area contributed by atoms with Crippen LogP contribution in [0.5, 0.6) is 0 Å². The number of carbonyl (C=O) groups excluding carboxylic acids is 2. The van der Waals surface area contributed by atoms with Gasteiger partial charge in [0, 0.05) is 12.8 Å². The molecule has 1 N–H and O–H groups in total. The maximum absolute atomic E-state index is 12.6. The molecule has 1 heterocycles. The number of imide groups is 1. The van der Waals surface area contributed by atoms with Crippen LogP contribution in [0, 0.1) is 0 Å². The van der Waals surface area contributed by atoms with Crippen LogP contribution >= 0.6 is 0 Å². The van der Waals surface area contributed by atoms with Gasteiger partial charge < -0.3 is 0 Å². The lowest BCUT2D eigenvalue weighted by molar-refractivity contribution is -0.121. The number of sulfonamides is 1. The highest BCUT2D eigenvalue weighted by atomic mass is 32.2. The summed E-state index contributed by atoms with van der Waals surface area (Å²) in [5, 5.41) is 0. The number of anilines is 2. The van der Waals surface area contributed by atoms with Gasteiger partial charge in [0.15, 0.2) is 0 Å². The minimum Gasteiger partial charge on any atom is -0.279 e. The predicted molar refractivity (Wildman–Crippen MR) is 94.8 cm³/mol. The second kappa shape index (κ2) is 6.68. The molecule has 130 valence electrons. The van der Waals surface area contributed by atoms with Crippen molar-refractivity contribution in [3.63, 3.8) is 0 Å². The van der Waals surface area contributed by atoms with E-state index in [-0.39, 0.29) is 29.6 Å². The molecule has 0 bridgehead atoms. The summed E-state index contributed by atoms with van der Waals surface area (Å²) in [5.74, 6) is -0.536. The Labute approximate surface area is 146 Å². The normalized spacial score (nSPS) is 14.8. The summed E-state index contributed by atoms with van der Waals surface area (Å²) < 4.78 is 27.7. The molecule has 0 saturated carbocycles. The zero-order valence-electron chi connectivity index (χ0n) is 13.7. The number of benzene rings is 2. The Bertz CT molecular complexity index is 904. The third kappa shape index (κ3) is 3.41. The van der Waals surface area contributed by atoms with Crippen molar-refractivity contribution in [2.24, 2.45) is 0 Å². The van der Waals surface area contributed by atoms with Crippen molar-refractivity contribution in [2.75, 3.05) is 9.62 Å². The van der Waals surface area contributed by atoms with Gasteiger partial charge in [0.25, 0.3) is 10.0 Å². The minimum atomic E-state index is -3.75. The number of aryl methyl sites for hydroxylation is 1. The zero-order chi connectivity index (χ0) is 18.0. The molecule has 0 aromatic heterocycles. The van der Waals surface area contributed by atoms with Crippen molar-refractivity contribution in [3.8, 4) is 0 Å². The van der Waals surface area contributed by atoms with E-state index in [1.165, 1.54) is 24.3 Å². The molecule has 25 heavy (non-hydrogen) atoms. The van der Waals surface area contributed by atoms with Gasteiger partial charge in [-0.05, 0) is 42.3 Å². The van der Waals surface area contributed by atoms with Crippen LogP contribution in [-0.4, -0.2) is 20.2 Å². The Hall–Kier alpha value is -2.67. The largest absolute Gasteiger partial charge is 0.279 e. The van der Waals surface area contributed by atoms with E-state index in [2.05, 4.69) is 4.72 Å². The molecule has 1 aliphatic rings. The molecule has 7 heteroatoms. The van der Waals surface area contributed by atoms with E-state index >= 15 is 0 Å². The van der Waals surface area contributed by atoms with Crippen molar-refractivity contribution < 1.29 is 18.0 Å². The van der Waals surface area contributed by atoms with Crippen LogP contribution in [0.15, 0.2) is 53.4 Å². The van der Waals surface area contributed by atoms with E-state index in [1.807, 2.05) is 19.1 Å². The van der Waals surface area contributed by atoms with Crippen LogP contribution in [0.25, 0.3) is 0 Å². The molecule has 0 aliphatic carbocycles. The van der Waals surface area contributed by atoms with Crippen LogP contribution in [-0.2, 0) is 26.0 Å². The molecular weight excluding hydrogens is 340 g/mol. The molecule has 1 fully saturated rings. The van der Waals surface area contributed by atoms with E-state index in [0.717, 1.165) is 10.5 Å². The molecule has 0 unspecified atom stereocenters. The van der Waals surface area contributed by atoms with Gasteiger partial charge in [-0.1, -0.05) is 25.1 Å². The standard InChI is InChI=1S/C18H18N2O4S/c1-2-13-5-3-4-6-16(13)19-25(23,24)15-9-7-14(8-10-15)20-17(21)11-12-18(20)22/h3-10,19H,2,11-12H2,1H3. The first-order valence-electron chi connectivity index (χ1n) is 7.99. The second-order valence-electron chi connectivity index (χ2n) is 5.73. The lowest BCUT2D eigenvalue weighted by Gasteiger charge is -2.15. The average molecular weight is 358 g/mol. The summed E-state index contributed by atoms with van der Waals surface area (Å²) in [6.07, 6.45) is 1.08. The summed E-state index contributed by atoms with van der Waals surface area (Å²) in [5.41, 5.74) is 1.83. The number of hydrogen-bond acceptors (Lipinski definition) is 4. The van der Waals surface area contributed by atoms with Crippen molar-refractivity contribution >= 4 is 33.2 Å². The van der Waals surface area contributed by atoms with Crippen LogP contribution in [0.4, 0.5) is 11.4 Å². The number of amides is 2. The molecule has 1 saturated heterocycles. The Morgan fingerprint density at radius 2 is 1.56 bits per heavy atom. The maximum atomic E-state index is 12.6. The number of para-hydroxylation sites is 1. The summed E-state index contributed by atoms with van der Waals surface area (Å²) >= 11 is 0. The molecule has 0 radical (unpaired) electrons. The van der Waals surface area contributed by atoms with Gasteiger partial charge in [0.05, 0.1) is 16.3 Å². The summed E-state index contributed by atoms with van der Waals surface area (Å²) in [4.78, 5) is 24.7. The summed E-state index contributed by atoms with van der Waals surface area (Å²) in [6, 6.07) is 12.9. The van der Waals surface area contributed by atoms with Gasteiger partial charge in [-0.3, -0.25) is 19.2 Å². The monoisotopic (exact) mass is 358 g/mol. The molecule has 1 aliphatic heterocycles. The van der Waals surface area contributed by atoms with Crippen LogP contribution in [0.1, 0.15) is 25.3 Å². The minimum absolute atomic E-state index is 0.0706. The summed E-state index contributed by atoms with van der Waals surface area (Å²) in [7, 11) is -3.75. The smallest absolute Gasteiger partial charge is 0.261 e. The Morgan fingerprint density at radius 3 is 2.16 bits per heavy atom. The van der Waals surface area contributed by atoms with Gasteiger partial charge in [0.1, 0.15) is 0 Å². The Kier molecular flexibility index (Phi) is 4.59. The average Bonchev–Trinajstić information content (AvgIpc) is 2.94. The van der Waals surface area contributed by atoms with Gasteiger partial charge in [-0.15, -0.1) is 0 Å². The van der Waals surface area contributed by atoms with Gasteiger partial charge >= 0.3 is 0 Å². The first-order valence-corrected chi connectivity index (χ1v) is 9.47. The van der Waals surface area contributed by atoms with Crippen molar-refractivity contribution in [3.05, 3.63) is 54.1 Å². The first-order chi connectivity index (χ1) is 11.9. The highest BCUT2D eigenvalue weighted by Crippen LogP contribution is 2.25.